The summed E-state index contributed by atoms with van der Waals surface area (Å²) in [5.41, 5.74) is 3.09. The predicted octanol–water partition coefficient (Wildman–Crippen LogP) is 4.96. The van der Waals surface area contributed by atoms with Gasteiger partial charge in [0.05, 0.1) is 7.11 Å². The van der Waals surface area contributed by atoms with Crippen molar-refractivity contribution in [3.05, 3.63) is 52.0 Å². The van der Waals surface area contributed by atoms with Crippen LogP contribution in [0.5, 0.6) is 5.75 Å². The number of amides is 1. The molecule has 2 aromatic carbocycles. The minimum Gasteiger partial charge on any atom is -0.495 e. The summed E-state index contributed by atoms with van der Waals surface area (Å²) in [6.07, 6.45) is 1.86. The Morgan fingerprint density at radius 1 is 1.12 bits per heavy atom. The number of benzene rings is 2. The lowest BCUT2D eigenvalue weighted by Crippen LogP contribution is -2.46. The molecule has 2 aromatic rings. The number of piperidine rings is 1. The molecule has 6 nitrogen and oxygen atoms in total. The average molecular weight is 536 g/mol. The molecule has 0 aromatic heterocycles. The Balaban J connectivity index is 1.50. The van der Waals surface area contributed by atoms with Crippen molar-refractivity contribution in [2.24, 2.45) is 5.92 Å². The first-order chi connectivity index (χ1) is 15.6. The van der Waals surface area contributed by atoms with Crippen LogP contribution in [0.15, 0.2) is 45.8 Å². The van der Waals surface area contributed by atoms with Gasteiger partial charge in [-0.15, -0.1) is 0 Å². The highest BCUT2D eigenvalue weighted by Crippen LogP contribution is 2.37. The third kappa shape index (κ3) is 4.57. The third-order valence-electron chi connectivity index (χ3n) is 6.77. The lowest BCUT2D eigenvalue weighted by atomic mass is 9.96. The minimum atomic E-state index is -3.71. The highest BCUT2D eigenvalue weighted by atomic mass is 79.9. The van der Waals surface area contributed by atoms with Crippen LogP contribution in [0.3, 0.4) is 0 Å². The van der Waals surface area contributed by atoms with Gasteiger partial charge in [-0.3, -0.25) is 4.79 Å². The number of ether oxygens (including phenoxy) is 1. The smallest absolute Gasteiger partial charge is 0.246 e. The van der Waals surface area contributed by atoms with Gasteiger partial charge in [-0.1, -0.05) is 35.8 Å². The molecule has 2 aliphatic rings. The number of carbonyl (C=O) groups is 1. The van der Waals surface area contributed by atoms with Gasteiger partial charge < -0.3 is 9.64 Å². The van der Waals surface area contributed by atoms with E-state index in [1.807, 2.05) is 36.9 Å². The zero-order chi connectivity index (χ0) is 23.9. The summed E-state index contributed by atoms with van der Waals surface area (Å²) in [5, 5.41) is 0. The number of methoxy groups -OCH3 is 1. The maximum absolute atomic E-state index is 13.5. The molecule has 33 heavy (non-hydrogen) atoms. The lowest BCUT2D eigenvalue weighted by molar-refractivity contribution is -0.123. The molecule has 2 heterocycles. The lowest BCUT2D eigenvalue weighted by Gasteiger charge is -2.34. The van der Waals surface area contributed by atoms with Crippen LogP contribution in [0, 0.1) is 5.92 Å². The molecule has 0 saturated carbocycles. The van der Waals surface area contributed by atoms with E-state index in [1.165, 1.54) is 17.0 Å². The van der Waals surface area contributed by atoms with E-state index < -0.39 is 10.0 Å². The van der Waals surface area contributed by atoms with Gasteiger partial charge in [0.1, 0.15) is 10.6 Å². The van der Waals surface area contributed by atoms with E-state index >= 15 is 0 Å². The molecule has 0 aliphatic carbocycles. The maximum Gasteiger partial charge on any atom is 0.246 e. The van der Waals surface area contributed by atoms with E-state index in [1.54, 1.807) is 12.1 Å². The van der Waals surface area contributed by atoms with Crippen molar-refractivity contribution in [3.8, 4) is 5.75 Å². The molecule has 1 amide bonds. The van der Waals surface area contributed by atoms with Crippen molar-refractivity contribution in [2.75, 3.05) is 25.1 Å². The van der Waals surface area contributed by atoms with E-state index in [2.05, 4.69) is 28.9 Å². The highest BCUT2D eigenvalue weighted by molar-refractivity contribution is 9.10. The molecule has 178 valence electrons. The van der Waals surface area contributed by atoms with Gasteiger partial charge in [-0.05, 0) is 73.6 Å². The van der Waals surface area contributed by atoms with Crippen LogP contribution in [0.2, 0.25) is 0 Å². The molecule has 0 bridgehead atoms. The topological polar surface area (TPSA) is 66.9 Å². The molecular formula is C25H31BrN2O4S. The van der Waals surface area contributed by atoms with Gasteiger partial charge in [0, 0.05) is 35.2 Å². The molecule has 8 heteroatoms. The van der Waals surface area contributed by atoms with Crippen molar-refractivity contribution in [2.45, 2.75) is 56.9 Å². The Morgan fingerprint density at radius 2 is 1.82 bits per heavy atom. The van der Waals surface area contributed by atoms with Crippen LogP contribution in [-0.4, -0.2) is 44.9 Å². The van der Waals surface area contributed by atoms with Gasteiger partial charge in [0.2, 0.25) is 15.9 Å². The first kappa shape index (κ1) is 24.2. The second-order valence-electron chi connectivity index (χ2n) is 9.28. The summed E-state index contributed by atoms with van der Waals surface area (Å²) >= 11 is 3.51. The second kappa shape index (κ2) is 9.39. The second-order valence-corrected chi connectivity index (χ2v) is 12.1. The molecule has 2 aliphatic heterocycles. The normalized spacial score (nSPS) is 19.7. The number of hydrogen-bond donors (Lipinski definition) is 0. The van der Waals surface area contributed by atoms with Crippen molar-refractivity contribution in [3.63, 3.8) is 0 Å². The van der Waals surface area contributed by atoms with Crippen LogP contribution in [0.25, 0.3) is 0 Å². The molecule has 1 atom stereocenters. The maximum atomic E-state index is 13.5. The predicted molar refractivity (Wildman–Crippen MR) is 133 cm³/mol. The van der Waals surface area contributed by atoms with Crippen LogP contribution >= 0.6 is 15.9 Å². The summed E-state index contributed by atoms with van der Waals surface area (Å²) in [5.74, 6) is 0.475. The van der Waals surface area contributed by atoms with Gasteiger partial charge in [-0.2, -0.15) is 4.31 Å². The summed E-state index contributed by atoms with van der Waals surface area (Å²) in [4.78, 5) is 15.5. The Kier molecular flexibility index (Phi) is 6.90. The molecule has 1 unspecified atom stereocenters. The molecular weight excluding hydrogens is 504 g/mol. The number of halogens is 1. The fourth-order valence-corrected chi connectivity index (χ4v) is 6.94. The standard InChI is InChI=1S/C25H31BrN2O4S/c1-16(2)19-5-8-23(32-4)24(15-19)33(30,31)27-11-9-18(10-12-27)25(29)28-17(3)13-20-14-21(26)6-7-22(20)28/h5-8,14-18H,9-13H2,1-4H3. The van der Waals surface area contributed by atoms with Crippen LogP contribution < -0.4 is 9.64 Å². The first-order valence-corrected chi connectivity index (χ1v) is 13.7. The van der Waals surface area contributed by atoms with E-state index in [0.29, 0.717) is 31.7 Å². The number of nitrogens with zero attached hydrogens (tertiary/aromatic N) is 2. The molecule has 1 fully saturated rings. The van der Waals surface area contributed by atoms with Crippen molar-refractivity contribution in [1.29, 1.82) is 0 Å². The number of fused-ring (bicyclic) bond motifs is 1. The molecule has 0 spiro atoms. The SMILES string of the molecule is COc1ccc(C(C)C)cc1S(=O)(=O)N1CCC(C(=O)N2c3ccc(Br)cc3CC2C)CC1. The van der Waals surface area contributed by atoms with Gasteiger partial charge >= 0.3 is 0 Å². The number of rotatable bonds is 5. The van der Waals surface area contributed by atoms with E-state index in [0.717, 1.165) is 22.1 Å². The van der Waals surface area contributed by atoms with E-state index in [4.69, 9.17) is 4.74 Å². The fraction of sp³-hybridized carbons (Fsp3) is 0.480. The van der Waals surface area contributed by atoms with E-state index in [-0.39, 0.29) is 28.7 Å². The van der Waals surface area contributed by atoms with Crippen LogP contribution in [-0.2, 0) is 21.2 Å². The van der Waals surface area contributed by atoms with Crippen molar-refractivity contribution < 1.29 is 17.9 Å². The van der Waals surface area contributed by atoms with Gasteiger partial charge in [0.25, 0.3) is 0 Å². The summed E-state index contributed by atoms with van der Waals surface area (Å²) in [6.45, 7) is 6.78. The quantitative estimate of drug-likeness (QED) is 0.543. The summed E-state index contributed by atoms with van der Waals surface area (Å²) in [6, 6.07) is 11.5. The number of sulfonamides is 1. The van der Waals surface area contributed by atoms with Crippen LogP contribution in [0.1, 0.15) is 50.7 Å². The van der Waals surface area contributed by atoms with Gasteiger partial charge in [0.15, 0.2) is 0 Å². The Bertz CT molecular complexity index is 1160. The number of anilines is 1. The average Bonchev–Trinajstić information content (AvgIpc) is 3.12. The minimum absolute atomic E-state index is 0.0972. The zero-order valence-corrected chi connectivity index (χ0v) is 21.9. The number of carbonyl (C=O) groups excluding carboxylic acids is 1. The molecule has 1 saturated heterocycles. The Morgan fingerprint density at radius 3 is 2.45 bits per heavy atom. The van der Waals surface area contributed by atoms with Crippen LogP contribution in [0.4, 0.5) is 5.69 Å². The zero-order valence-electron chi connectivity index (χ0n) is 19.5. The third-order valence-corrected chi connectivity index (χ3v) is 9.18. The Hall–Kier alpha value is -1.90. The van der Waals surface area contributed by atoms with Crippen molar-refractivity contribution >= 4 is 37.5 Å². The highest BCUT2D eigenvalue weighted by Gasteiger charge is 2.39. The summed E-state index contributed by atoms with van der Waals surface area (Å²) in [7, 11) is -2.23. The fourth-order valence-electron chi connectivity index (χ4n) is 4.87. The number of hydrogen-bond acceptors (Lipinski definition) is 4. The van der Waals surface area contributed by atoms with Gasteiger partial charge in [-0.25, -0.2) is 8.42 Å². The monoisotopic (exact) mass is 534 g/mol. The van der Waals surface area contributed by atoms with E-state index in [9.17, 15) is 13.2 Å². The molecule has 0 N–H and O–H groups in total. The first-order valence-electron chi connectivity index (χ1n) is 11.4. The largest absolute Gasteiger partial charge is 0.495 e. The molecule has 0 radical (unpaired) electrons. The summed E-state index contributed by atoms with van der Waals surface area (Å²) < 4.78 is 34.8. The van der Waals surface area contributed by atoms with Crippen molar-refractivity contribution in [1.82, 2.24) is 4.31 Å². The molecule has 4 rings (SSSR count). The Labute approximate surface area is 205 Å².